The second-order valence-electron chi connectivity index (χ2n) is 12.6. The van der Waals surface area contributed by atoms with Gasteiger partial charge in [0.25, 0.3) is 0 Å². The van der Waals surface area contributed by atoms with E-state index in [1.165, 1.54) is 12.8 Å². The molecular formula is C33H55F8NO13. The molecule has 4 unspecified atom stereocenters. The summed E-state index contributed by atoms with van der Waals surface area (Å²) in [5, 5.41) is 39.2. The van der Waals surface area contributed by atoms with Gasteiger partial charge >= 0.3 is 24.4 Å². The van der Waals surface area contributed by atoms with E-state index in [2.05, 4.69) is 20.3 Å². The van der Waals surface area contributed by atoms with E-state index < -0.39 is 101 Å². The van der Waals surface area contributed by atoms with Crippen molar-refractivity contribution in [2.75, 3.05) is 112 Å². The molecule has 0 saturated carbocycles. The molecule has 4 N–H and O–H groups in total. The molecule has 0 bridgehead atoms. The molecule has 4 atom stereocenters. The lowest BCUT2D eigenvalue weighted by Gasteiger charge is -2.28. The first-order valence-corrected chi connectivity index (χ1v) is 17.7. The Morgan fingerprint density at radius 2 is 0.873 bits per heavy atom. The first-order chi connectivity index (χ1) is 25.8. The van der Waals surface area contributed by atoms with Gasteiger partial charge in [0.15, 0.2) is 0 Å². The van der Waals surface area contributed by atoms with Gasteiger partial charge in [0.2, 0.25) is 0 Å². The average molecular weight is 826 g/mol. The highest BCUT2D eigenvalue weighted by Gasteiger charge is 2.54. The summed E-state index contributed by atoms with van der Waals surface area (Å²) in [6.45, 7) is -0.726. The van der Waals surface area contributed by atoms with Crippen LogP contribution in [0, 0.1) is 12.3 Å². The molecule has 1 aliphatic rings. The van der Waals surface area contributed by atoms with Crippen molar-refractivity contribution in [2.45, 2.75) is 87.4 Å². The molecule has 0 amide bonds. The van der Waals surface area contributed by atoms with Crippen LogP contribution in [0.25, 0.3) is 0 Å². The number of rotatable bonds is 36. The molecule has 326 valence electrons. The van der Waals surface area contributed by atoms with Gasteiger partial charge in [-0.05, 0) is 32.4 Å². The van der Waals surface area contributed by atoms with Crippen LogP contribution in [-0.2, 0) is 42.6 Å². The standard InChI is InChI=1S/C33H55F8NO13/c1-2-11-47-15-16-51-20-29(46)24-53-23-28(45)19-50-14-7-31(36,37)55-33(40,41)25-32(38,39)54-30(34,35)6-13-49-18-27(44)22-52-21-26(43)17-48-12-5-10-42-8-3-4-9-42/h1,26-29,43-46H,3-25H2. The van der Waals surface area contributed by atoms with Crippen molar-refractivity contribution in [3.8, 4) is 12.3 Å². The number of aliphatic hydroxyl groups excluding tert-OH is 4. The third kappa shape index (κ3) is 29.3. The molecule has 55 heavy (non-hydrogen) atoms. The number of ether oxygens (including phenoxy) is 9. The number of aliphatic hydroxyl groups is 4. The third-order valence-corrected chi connectivity index (χ3v) is 7.08. The van der Waals surface area contributed by atoms with E-state index in [1.807, 2.05) is 0 Å². The maximum Gasteiger partial charge on any atom is 0.368 e. The normalized spacial score (nSPS) is 17.0. The Kier molecular flexibility index (Phi) is 26.2. The van der Waals surface area contributed by atoms with E-state index in [9.17, 15) is 55.5 Å². The van der Waals surface area contributed by atoms with Crippen LogP contribution in [0.1, 0.15) is 38.5 Å². The monoisotopic (exact) mass is 825 g/mol. The quantitative estimate of drug-likeness (QED) is 0.0413. The van der Waals surface area contributed by atoms with E-state index in [1.54, 1.807) is 0 Å². The molecule has 1 saturated heterocycles. The number of nitrogens with zero attached hydrogens (tertiary/aromatic N) is 1. The van der Waals surface area contributed by atoms with Crippen molar-refractivity contribution in [3.63, 3.8) is 0 Å². The molecule has 0 radical (unpaired) electrons. The molecule has 1 aliphatic heterocycles. The summed E-state index contributed by atoms with van der Waals surface area (Å²) < 4.78 is 153. The van der Waals surface area contributed by atoms with E-state index in [0.29, 0.717) is 6.61 Å². The molecule has 0 aromatic heterocycles. The highest BCUT2D eigenvalue weighted by molar-refractivity contribution is 4.82. The zero-order chi connectivity index (χ0) is 41.2. The zero-order valence-corrected chi connectivity index (χ0v) is 30.6. The number of alkyl halides is 8. The van der Waals surface area contributed by atoms with E-state index >= 15 is 0 Å². The van der Waals surface area contributed by atoms with Crippen LogP contribution in [-0.4, -0.2) is 186 Å². The zero-order valence-electron chi connectivity index (χ0n) is 30.6. The van der Waals surface area contributed by atoms with E-state index in [0.717, 1.165) is 26.1 Å². The number of halogens is 8. The summed E-state index contributed by atoms with van der Waals surface area (Å²) >= 11 is 0. The fraction of sp³-hybridized carbons (Fsp3) is 0.939. The Labute approximate surface area is 315 Å². The summed E-state index contributed by atoms with van der Waals surface area (Å²) in [6, 6.07) is 0. The summed E-state index contributed by atoms with van der Waals surface area (Å²) in [7, 11) is 0. The molecule has 0 aromatic carbocycles. The number of likely N-dealkylation sites (tertiary alicyclic amines) is 1. The van der Waals surface area contributed by atoms with Crippen molar-refractivity contribution in [2.24, 2.45) is 0 Å². The van der Waals surface area contributed by atoms with Crippen LogP contribution >= 0.6 is 0 Å². The van der Waals surface area contributed by atoms with Gasteiger partial charge in [0.05, 0.1) is 92.1 Å². The van der Waals surface area contributed by atoms with Gasteiger partial charge in [-0.2, -0.15) is 35.1 Å². The molecule has 0 spiro atoms. The van der Waals surface area contributed by atoms with Crippen molar-refractivity contribution in [1.82, 2.24) is 4.90 Å². The molecule has 1 fully saturated rings. The van der Waals surface area contributed by atoms with Crippen molar-refractivity contribution in [1.29, 1.82) is 0 Å². The Bertz CT molecular complexity index is 1010. The molecule has 22 heteroatoms. The smallest absolute Gasteiger partial charge is 0.368 e. The first kappa shape index (κ1) is 51.5. The van der Waals surface area contributed by atoms with Gasteiger partial charge in [-0.15, -0.1) is 6.42 Å². The van der Waals surface area contributed by atoms with Gasteiger partial charge in [-0.3, -0.25) is 9.47 Å². The van der Waals surface area contributed by atoms with Crippen LogP contribution < -0.4 is 0 Å². The predicted octanol–water partition coefficient (Wildman–Crippen LogP) is 2.24. The average Bonchev–Trinajstić information content (AvgIpc) is 3.58. The van der Waals surface area contributed by atoms with Crippen LogP contribution in [0.5, 0.6) is 0 Å². The second-order valence-corrected chi connectivity index (χ2v) is 12.6. The molecule has 1 rings (SSSR count). The van der Waals surface area contributed by atoms with Crippen LogP contribution in [0.4, 0.5) is 35.1 Å². The number of terminal acetylenes is 1. The minimum atomic E-state index is -5.34. The molecule has 14 nitrogen and oxygen atoms in total. The lowest BCUT2D eigenvalue weighted by Crippen LogP contribution is -2.42. The topological polar surface area (TPSA) is 167 Å². The van der Waals surface area contributed by atoms with Crippen molar-refractivity contribution >= 4 is 0 Å². The van der Waals surface area contributed by atoms with Gasteiger partial charge in [0.1, 0.15) is 37.4 Å². The summed E-state index contributed by atoms with van der Waals surface area (Å²) in [6.07, 6.45) is -23.1. The summed E-state index contributed by atoms with van der Waals surface area (Å²) in [5.74, 6) is 2.25. The Balaban J connectivity index is 2.20. The fourth-order valence-corrected chi connectivity index (χ4v) is 4.63. The minimum Gasteiger partial charge on any atom is -0.388 e. The molecular weight excluding hydrogens is 770 g/mol. The van der Waals surface area contributed by atoms with Gasteiger partial charge in [0, 0.05) is 13.2 Å². The van der Waals surface area contributed by atoms with Crippen molar-refractivity contribution in [3.05, 3.63) is 0 Å². The van der Waals surface area contributed by atoms with Crippen LogP contribution in [0.15, 0.2) is 0 Å². The lowest BCUT2D eigenvalue weighted by molar-refractivity contribution is -0.432. The minimum absolute atomic E-state index is 0.00964. The van der Waals surface area contributed by atoms with Gasteiger partial charge in [-0.1, -0.05) is 5.92 Å². The maximum absolute atomic E-state index is 13.9. The second kappa shape index (κ2) is 28.0. The maximum atomic E-state index is 13.9. The highest BCUT2D eigenvalue weighted by Crippen LogP contribution is 2.40. The van der Waals surface area contributed by atoms with E-state index in [4.69, 9.17) is 39.6 Å². The summed E-state index contributed by atoms with van der Waals surface area (Å²) in [4.78, 5) is 2.32. The fourth-order valence-electron chi connectivity index (χ4n) is 4.63. The Morgan fingerprint density at radius 3 is 1.29 bits per heavy atom. The summed E-state index contributed by atoms with van der Waals surface area (Å²) in [5.41, 5.74) is 0. The Hall–Kier alpha value is -1.56. The van der Waals surface area contributed by atoms with Gasteiger partial charge < -0.3 is 58.5 Å². The molecule has 0 aliphatic carbocycles. The lowest BCUT2D eigenvalue weighted by atomic mass is 10.3. The predicted molar refractivity (Wildman–Crippen MR) is 175 cm³/mol. The molecule has 0 aromatic rings. The third-order valence-electron chi connectivity index (χ3n) is 7.08. The van der Waals surface area contributed by atoms with Crippen LogP contribution in [0.3, 0.4) is 0 Å². The first-order valence-electron chi connectivity index (χ1n) is 17.7. The Morgan fingerprint density at radius 1 is 0.509 bits per heavy atom. The number of hydrogen-bond acceptors (Lipinski definition) is 14. The van der Waals surface area contributed by atoms with Gasteiger partial charge in [-0.25, -0.2) is 0 Å². The number of hydrogen-bond donors (Lipinski definition) is 4. The SMILES string of the molecule is C#CCOCCOCC(O)COCC(O)COCCC(F)(F)OC(F)(F)CC(F)(F)OC(F)(F)CCOCC(O)COCC(O)COCCCN1CCCC1. The van der Waals surface area contributed by atoms with E-state index in [-0.39, 0.29) is 52.9 Å². The molecule has 1 heterocycles. The highest BCUT2D eigenvalue weighted by atomic mass is 19.3. The van der Waals surface area contributed by atoms with Crippen LogP contribution in [0.2, 0.25) is 0 Å². The largest absolute Gasteiger partial charge is 0.388 e. The van der Waals surface area contributed by atoms with Crippen molar-refractivity contribution < 1.29 is 98.2 Å².